The van der Waals surface area contributed by atoms with Gasteiger partial charge in [0.15, 0.2) is 0 Å². The molecule has 96 valence electrons. The summed E-state index contributed by atoms with van der Waals surface area (Å²) in [5.74, 6) is -1.48. The normalized spacial score (nSPS) is 13.7. The van der Waals surface area contributed by atoms with E-state index in [1.165, 1.54) is 0 Å². The van der Waals surface area contributed by atoms with Gasteiger partial charge in [0, 0.05) is 0 Å². The van der Waals surface area contributed by atoms with Crippen molar-refractivity contribution in [3.05, 3.63) is 0 Å². The van der Waals surface area contributed by atoms with Gasteiger partial charge in [-0.25, -0.2) is 8.42 Å². The standard InChI is InChI=1S/C9H18O6S.Na/c1-4-9(2,3)8(11)15-5-7(10)6-16(12,13)14;/h7,10H,4-6H2,1-3H3,(H,12,13,14);/q;+1/p-1. The fourth-order valence-electron chi connectivity index (χ4n) is 0.795. The van der Waals surface area contributed by atoms with E-state index in [0.29, 0.717) is 6.42 Å². The van der Waals surface area contributed by atoms with Crippen molar-refractivity contribution in [3.63, 3.8) is 0 Å². The predicted octanol–water partition coefficient (Wildman–Crippen LogP) is -3.12. The van der Waals surface area contributed by atoms with Gasteiger partial charge in [0.1, 0.15) is 12.7 Å². The summed E-state index contributed by atoms with van der Waals surface area (Å²) >= 11 is 0. The third kappa shape index (κ3) is 8.98. The summed E-state index contributed by atoms with van der Waals surface area (Å²) in [5, 5.41) is 9.12. The molecular weight excluding hydrogens is 259 g/mol. The van der Waals surface area contributed by atoms with E-state index >= 15 is 0 Å². The number of aliphatic hydroxyl groups is 1. The third-order valence-corrected chi connectivity index (χ3v) is 3.03. The van der Waals surface area contributed by atoms with Crippen molar-refractivity contribution in [2.75, 3.05) is 12.4 Å². The average Bonchev–Trinajstić information content (AvgIpc) is 2.11. The minimum absolute atomic E-state index is 0. The van der Waals surface area contributed by atoms with E-state index in [2.05, 4.69) is 0 Å². The molecule has 0 aliphatic rings. The number of ether oxygens (including phenoxy) is 1. The minimum atomic E-state index is -4.50. The van der Waals surface area contributed by atoms with Crippen LogP contribution in [-0.2, 0) is 19.6 Å². The molecule has 17 heavy (non-hydrogen) atoms. The number of carbonyl (C=O) groups excluding carboxylic acids is 1. The van der Waals surface area contributed by atoms with Crippen molar-refractivity contribution in [1.29, 1.82) is 0 Å². The molecule has 0 aliphatic heterocycles. The molecule has 1 N–H and O–H groups in total. The van der Waals surface area contributed by atoms with Crippen LogP contribution in [0.3, 0.4) is 0 Å². The average molecular weight is 276 g/mol. The Morgan fingerprint density at radius 2 is 1.94 bits per heavy atom. The Hall–Kier alpha value is 0.340. The first-order chi connectivity index (χ1) is 7.08. The first kappa shape index (κ1) is 19.7. The van der Waals surface area contributed by atoms with Crippen molar-refractivity contribution in [2.45, 2.75) is 33.3 Å². The van der Waals surface area contributed by atoms with Gasteiger partial charge >= 0.3 is 35.5 Å². The fourth-order valence-corrected chi connectivity index (χ4v) is 1.36. The SMILES string of the molecule is CCC(C)(C)C(=O)OCC(O)CS(=O)(=O)[O-].[Na+]. The molecule has 0 heterocycles. The van der Waals surface area contributed by atoms with Crippen molar-refractivity contribution in [2.24, 2.45) is 5.41 Å². The predicted molar refractivity (Wildman–Crippen MR) is 55.6 cm³/mol. The Balaban J connectivity index is 0. The van der Waals surface area contributed by atoms with Crippen LogP contribution in [0.1, 0.15) is 27.2 Å². The second-order valence-corrected chi connectivity index (χ2v) is 5.66. The molecule has 1 unspecified atom stereocenters. The van der Waals surface area contributed by atoms with Crippen molar-refractivity contribution >= 4 is 16.1 Å². The first-order valence-corrected chi connectivity index (χ1v) is 6.45. The Kier molecular flexibility index (Phi) is 8.92. The van der Waals surface area contributed by atoms with E-state index in [1.807, 2.05) is 0 Å². The summed E-state index contributed by atoms with van der Waals surface area (Å²) < 4.78 is 35.6. The van der Waals surface area contributed by atoms with Crippen molar-refractivity contribution < 1.29 is 57.2 Å². The van der Waals surface area contributed by atoms with Gasteiger partial charge in [0.25, 0.3) is 0 Å². The van der Waals surface area contributed by atoms with Gasteiger partial charge in [-0.1, -0.05) is 6.92 Å². The van der Waals surface area contributed by atoms with Crippen LogP contribution in [0, 0.1) is 5.41 Å². The zero-order valence-corrected chi connectivity index (χ0v) is 13.4. The molecule has 0 aromatic heterocycles. The fraction of sp³-hybridized carbons (Fsp3) is 0.889. The molecule has 0 radical (unpaired) electrons. The summed E-state index contributed by atoms with van der Waals surface area (Å²) in [7, 11) is -4.50. The number of esters is 1. The Morgan fingerprint density at radius 3 is 2.29 bits per heavy atom. The molecular formula is C9H17NaO6S. The van der Waals surface area contributed by atoms with Gasteiger partial charge < -0.3 is 14.4 Å². The van der Waals surface area contributed by atoms with Gasteiger partial charge in [-0.3, -0.25) is 4.79 Å². The van der Waals surface area contributed by atoms with Gasteiger partial charge in [-0.05, 0) is 20.3 Å². The number of hydrogen-bond donors (Lipinski definition) is 1. The van der Waals surface area contributed by atoms with Gasteiger partial charge in [-0.2, -0.15) is 0 Å². The van der Waals surface area contributed by atoms with Crippen LogP contribution in [0.2, 0.25) is 0 Å². The van der Waals surface area contributed by atoms with Crippen molar-refractivity contribution in [3.8, 4) is 0 Å². The van der Waals surface area contributed by atoms with E-state index in [0.717, 1.165) is 0 Å². The monoisotopic (exact) mass is 276 g/mol. The summed E-state index contributed by atoms with van der Waals surface area (Å²) in [5.41, 5.74) is -0.684. The maximum atomic E-state index is 11.4. The number of aliphatic hydroxyl groups excluding tert-OH is 1. The molecule has 0 saturated carbocycles. The van der Waals surface area contributed by atoms with Crippen LogP contribution < -0.4 is 29.6 Å². The molecule has 0 rings (SSSR count). The summed E-state index contributed by atoms with van der Waals surface area (Å²) in [6.07, 6.45) is -0.916. The maximum Gasteiger partial charge on any atom is 1.00 e. The summed E-state index contributed by atoms with van der Waals surface area (Å²) in [6, 6.07) is 0. The molecule has 0 fully saturated rings. The van der Waals surface area contributed by atoms with E-state index in [1.54, 1.807) is 20.8 Å². The van der Waals surface area contributed by atoms with E-state index < -0.39 is 40.0 Å². The first-order valence-electron chi connectivity index (χ1n) is 4.87. The molecule has 0 aliphatic carbocycles. The van der Waals surface area contributed by atoms with Crippen LogP contribution in [0.15, 0.2) is 0 Å². The number of carbonyl (C=O) groups is 1. The molecule has 0 bridgehead atoms. The van der Waals surface area contributed by atoms with Gasteiger partial charge in [0.05, 0.1) is 21.3 Å². The van der Waals surface area contributed by atoms with Crippen LogP contribution >= 0.6 is 0 Å². The molecule has 0 amide bonds. The molecule has 1 atom stereocenters. The Morgan fingerprint density at radius 1 is 1.47 bits per heavy atom. The van der Waals surface area contributed by atoms with Gasteiger partial charge in [-0.15, -0.1) is 0 Å². The van der Waals surface area contributed by atoms with E-state index in [4.69, 9.17) is 9.84 Å². The number of rotatable bonds is 6. The minimum Gasteiger partial charge on any atom is -0.748 e. The zero-order valence-electron chi connectivity index (χ0n) is 10.6. The third-order valence-electron chi connectivity index (χ3n) is 2.24. The molecule has 0 saturated heterocycles. The second kappa shape index (κ2) is 7.70. The molecule has 6 nitrogen and oxygen atoms in total. The van der Waals surface area contributed by atoms with Crippen LogP contribution in [0.25, 0.3) is 0 Å². The molecule has 0 aromatic carbocycles. The topological polar surface area (TPSA) is 104 Å². The molecule has 0 spiro atoms. The van der Waals surface area contributed by atoms with Crippen LogP contribution in [0.5, 0.6) is 0 Å². The van der Waals surface area contributed by atoms with Crippen molar-refractivity contribution in [1.82, 2.24) is 0 Å². The van der Waals surface area contributed by atoms with Gasteiger partial charge in [0.2, 0.25) is 0 Å². The van der Waals surface area contributed by atoms with Crippen LogP contribution in [0.4, 0.5) is 0 Å². The molecule has 8 heteroatoms. The smallest absolute Gasteiger partial charge is 0.748 e. The second-order valence-electron chi connectivity index (χ2n) is 4.21. The molecule has 0 aromatic rings. The van der Waals surface area contributed by atoms with Crippen LogP contribution in [-0.4, -0.2) is 42.5 Å². The van der Waals surface area contributed by atoms with E-state index in [9.17, 15) is 17.8 Å². The largest absolute Gasteiger partial charge is 1.00 e. The number of hydrogen-bond acceptors (Lipinski definition) is 6. The summed E-state index contributed by atoms with van der Waals surface area (Å²) in [4.78, 5) is 11.4. The Bertz CT molecular complexity index is 337. The summed E-state index contributed by atoms with van der Waals surface area (Å²) in [6.45, 7) is 4.67. The maximum absolute atomic E-state index is 11.4. The quantitative estimate of drug-likeness (QED) is 0.313. The Labute approximate surface area is 124 Å². The zero-order chi connectivity index (χ0) is 13.0. The van der Waals surface area contributed by atoms with E-state index in [-0.39, 0.29) is 29.6 Å².